The number of aliphatic hydroxyl groups excluding tert-OH is 1. The summed E-state index contributed by atoms with van der Waals surface area (Å²) in [6, 6.07) is 0. The number of fused-ring (bicyclic) bond motifs is 1. The highest BCUT2D eigenvalue weighted by molar-refractivity contribution is 4.88. The van der Waals surface area contributed by atoms with Gasteiger partial charge in [0.1, 0.15) is 6.10 Å². The van der Waals surface area contributed by atoms with Gasteiger partial charge in [0.05, 0.1) is 12.2 Å². The molecule has 0 aromatic rings. The average Bonchev–Trinajstić information content (AvgIpc) is 2.67. The summed E-state index contributed by atoms with van der Waals surface area (Å²) in [6.45, 7) is 7.38. The van der Waals surface area contributed by atoms with Gasteiger partial charge in [-0.05, 0) is 26.7 Å². The lowest BCUT2D eigenvalue weighted by molar-refractivity contribution is -0.214. The SMILES string of the molecule is C=CCC[C@H](O)[C@H]1C[C@H]2OC(C)(C)O[C@H]2O1. The summed E-state index contributed by atoms with van der Waals surface area (Å²) < 4.78 is 16.9. The molecule has 2 heterocycles. The monoisotopic (exact) mass is 228 g/mol. The van der Waals surface area contributed by atoms with E-state index in [1.807, 2.05) is 13.8 Å². The molecule has 4 atom stereocenters. The van der Waals surface area contributed by atoms with Crippen LogP contribution in [0.2, 0.25) is 0 Å². The average molecular weight is 228 g/mol. The van der Waals surface area contributed by atoms with E-state index in [9.17, 15) is 5.11 Å². The molecule has 0 saturated carbocycles. The van der Waals surface area contributed by atoms with E-state index in [-0.39, 0.29) is 18.5 Å². The van der Waals surface area contributed by atoms with Crippen molar-refractivity contribution in [2.75, 3.05) is 0 Å². The standard InChI is InChI=1S/C12H20O4/c1-4-5-6-8(13)9-7-10-11(14-9)16-12(2,3)15-10/h4,8-11,13H,1,5-7H2,2-3H3/t8-,9+,10+,11+/m0/s1. The summed E-state index contributed by atoms with van der Waals surface area (Å²) >= 11 is 0. The lowest BCUT2D eigenvalue weighted by Gasteiger charge is -2.22. The van der Waals surface area contributed by atoms with Crippen LogP contribution in [-0.4, -0.2) is 35.5 Å². The van der Waals surface area contributed by atoms with Gasteiger partial charge >= 0.3 is 0 Å². The van der Waals surface area contributed by atoms with E-state index in [4.69, 9.17) is 14.2 Å². The number of aliphatic hydroxyl groups is 1. The molecule has 0 bridgehead atoms. The molecule has 0 spiro atoms. The Bertz CT molecular complexity index is 248. The minimum atomic E-state index is -0.563. The molecule has 0 aromatic carbocycles. The zero-order chi connectivity index (χ0) is 11.8. The van der Waals surface area contributed by atoms with E-state index in [0.29, 0.717) is 12.8 Å². The van der Waals surface area contributed by atoms with E-state index in [0.717, 1.165) is 6.42 Å². The Morgan fingerprint density at radius 1 is 1.50 bits per heavy atom. The lowest BCUT2D eigenvalue weighted by Crippen LogP contribution is -2.30. The van der Waals surface area contributed by atoms with Crippen LogP contribution in [0.5, 0.6) is 0 Å². The normalized spacial score (nSPS) is 38.3. The van der Waals surface area contributed by atoms with E-state index >= 15 is 0 Å². The molecule has 1 N–H and O–H groups in total. The maximum atomic E-state index is 9.88. The highest BCUT2D eigenvalue weighted by Crippen LogP contribution is 2.38. The fourth-order valence-electron chi connectivity index (χ4n) is 2.26. The molecule has 4 nitrogen and oxygen atoms in total. The maximum Gasteiger partial charge on any atom is 0.187 e. The van der Waals surface area contributed by atoms with Gasteiger partial charge in [-0.15, -0.1) is 6.58 Å². The summed E-state index contributed by atoms with van der Waals surface area (Å²) in [4.78, 5) is 0. The molecule has 2 aliphatic heterocycles. The molecule has 16 heavy (non-hydrogen) atoms. The fourth-order valence-corrected chi connectivity index (χ4v) is 2.26. The molecular formula is C12H20O4. The zero-order valence-electron chi connectivity index (χ0n) is 9.89. The van der Waals surface area contributed by atoms with Crippen molar-refractivity contribution < 1.29 is 19.3 Å². The van der Waals surface area contributed by atoms with Gasteiger partial charge in [0, 0.05) is 6.42 Å². The van der Waals surface area contributed by atoms with Crippen LogP contribution in [0.15, 0.2) is 12.7 Å². The molecule has 0 aliphatic carbocycles. The van der Waals surface area contributed by atoms with Crippen LogP contribution in [0, 0.1) is 0 Å². The minimum Gasteiger partial charge on any atom is -0.390 e. The molecule has 92 valence electrons. The highest BCUT2D eigenvalue weighted by atomic mass is 16.8. The number of hydrogen-bond donors (Lipinski definition) is 1. The first-order valence-electron chi connectivity index (χ1n) is 5.82. The second kappa shape index (κ2) is 4.45. The third-order valence-corrected chi connectivity index (χ3v) is 3.01. The third-order valence-electron chi connectivity index (χ3n) is 3.01. The van der Waals surface area contributed by atoms with E-state index in [1.54, 1.807) is 6.08 Å². The van der Waals surface area contributed by atoms with E-state index < -0.39 is 11.9 Å². The Balaban J connectivity index is 1.84. The van der Waals surface area contributed by atoms with Gasteiger partial charge in [-0.25, -0.2) is 0 Å². The van der Waals surface area contributed by atoms with E-state index in [2.05, 4.69) is 6.58 Å². The van der Waals surface area contributed by atoms with Crippen molar-refractivity contribution in [3.05, 3.63) is 12.7 Å². The van der Waals surface area contributed by atoms with Crippen LogP contribution < -0.4 is 0 Å². The van der Waals surface area contributed by atoms with Crippen LogP contribution in [0.3, 0.4) is 0 Å². The Labute approximate surface area is 96.2 Å². The Hall–Kier alpha value is -0.420. The second-order valence-corrected chi connectivity index (χ2v) is 4.89. The molecule has 0 amide bonds. The van der Waals surface area contributed by atoms with Gasteiger partial charge in [-0.1, -0.05) is 6.08 Å². The van der Waals surface area contributed by atoms with Crippen LogP contribution in [0.1, 0.15) is 33.1 Å². The molecule has 2 saturated heterocycles. The Morgan fingerprint density at radius 3 is 2.88 bits per heavy atom. The van der Waals surface area contributed by atoms with Gasteiger partial charge in [0.25, 0.3) is 0 Å². The van der Waals surface area contributed by atoms with Crippen LogP contribution in [0.25, 0.3) is 0 Å². The molecule has 2 aliphatic rings. The molecule has 0 aromatic heterocycles. The predicted octanol–water partition coefficient (Wildman–Crippen LogP) is 1.58. The van der Waals surface area contributed by atoms with Crippen molar-refractivity contribution in [1.82, 2.24) is 0 Å². The fraction of sp³-hybridized carbons (Fsp3) is 0.833. The predicted molar refractivity (Wildman–Crippen MR) is 58.8 cm³/mol. The maximum absolute atomic E-state index is 9.88. The molecule has 0 unspecified atom stereocenters. The Morgan fingerprint density at radius 2 is 2.25 bits per heavy atom. The molecule has 0 radical (unpaired) electrons. The largest absolute Gasteiger partial charge is 0.390 e. The van der Waals surface area contributed by atoms with Crippen molar-refractivity contribution in [3.8, 4) is 0 Å². The highest BCUT2D eigenvalue weighted by Gasteiger charge is 2.49. The van der Waals surface area contributed by atoms with Gasteiger partial charge in [-0.2, -0.15) is 0 Å². The van der Waals surface area contributed by atoms with Crippen LogP contribution in [-0.2, 0) is 14.2 Å². The second-order valence-electron chi connectivity index (χ2n) is 4.89. The van der Waals surface area contributed by atoms with Crippen LogP contribution >= 0.6 is 0 Å². The number of rotatable bonds is 4. The summed E-state index contributed by atoms with van der Waals surface area (Å²) in [5.74, 6) is -0.563. The first kappa shape index (κ1) is 12.0. The Kier molecular flexibility index (Phi) is 3.35. The summed E-state index contributed by atoms with van der Waals surface area (Å²) in [6.07, 6.45) is 2.98. The number of allylic oxidation sites excluding steroid dienone is 1. The van der Waals surface area contributed by atoms with Crippen molar-refractivity contribution in [2.45, 2.75) is 63.5 Å². The third kappa shape index (κ3) is 2.46. The van der Waals surface area contributed by atoms with Crippen molar-refractivity contribution >= 4 is 0 Å². The summed E-state index contributed by atoms with van der Waals surface area (Å²) in [7, 11) is 0. The minimum absolute atomic E-state index is 0.0432. The van der Waals surface area contributed by atoms with Gasteiger partial charge < -0.3 is 19.3 Å². The zero-order valence-corrected chi connectivity index (χ0v) is 9.89. The number of hydrogen-bond acceptors (Lipinski definition) is 4. The molecule has 2 rings (SSSR count). The van der Waals surface area contributed by atoms with Gasteiger partial charge in [0.15, 0.2) is 12.1 Å². The van der Waals surface area contributed by atoms with Crippen molar-refractivity contribution in [2.24, 2.45) is 0 Å². The smallest absolute Gasteiger partial charge is 0.187 e. The van der Waals surface area contributed by atoms with Gasteiger partial charge in [-0.3, -0.25) is 0 Å². The number of ether oxygens (including phenoxy) is 3. The van der Waals surface area contributed by atoms with E-state index in [1.165, 1.54) is 0 Å². The summed E-state index contributed by atoms with van der Waals surface area (Å²) in [5.41, 5.74) is 0. The van der Waals surface area contributed by atoms with Gasteiger partial charge in [0.2, 0.25) is 0 Å². The quantitative estimate of drug-likeness (QED) is 0.742. The van der Waals surface area contributed by atoms with Crippen molar-refractivity contribution in [1.29, 1.82) is 0 Å². The topological polar surface area (TPSA) is 47.9 Å². The first-order valence-corrected chi connectivity index (χ1v) is 5.82. The summed E-state index contributed by atoms with van der Waals surface area (Å²) in [5, 5.41) is 9.88. The molecule has 4 heteroatoms. The van der Waals surface area contributed by atoms with Crippen LogP contribution in [0.4, 0.5) is 0 Å². The lowest BCUT2D eigenvalue weighted by atomic mass is 10.0. The molecule has 2 fully saturated rings. The first-order chi connectivity index (χ1) is 7.52. The van der Waals surface area contributed by atoms with Crippen molar-refractivity contribution in [3.63, 3.8) is 0 Å². The molecular weight excluding hydrogens is 208 g/mol.